The van der Waals surface area contributed by atoms with Crippen LogP contribution in [0.1, 0.15) is 24.5 Å². The van der Waals surface area contributed by atoms with E-state index in [1.165, 1.54) is 17.0 Å². The van der Waals surface area contributed by atoms with Gasteiger partial charge in [-0.3, -0.25) is 24.6 Å². The van der Waals surface area contributed by atoms with Crippen molar-refractivity contribution in [3.8, 4) is 5.75 Å². The highest BCUT2D eigenvalue weighted by Crippen LogP contribution is 2.35. The summed E-state index contributed by atoms with van der Waals surface area (Å²) in [6, 6.07) is 11.5. The predicted octanol–water partition coefficient (Wildman–Crippen LogP) is 5.38. The van der Waals surface area contributed by atoms with Crippen molar-refractivity contribution in [1.82, 2.24) is 4.90 Å². The summed E-state index contributed by atoms with van der Waals surface area (Å²) in [6.07, 6.45) is 2.35. The van der Waals surface area contributed by atoms with Gasteiger partial charge in [-0.05, 0) is 60.2 Å². The lowest BCUT2D eigenvalue weighted by molar-refractivity contribution is -0.384. The number of thioether (sulfide) groups is 1. The summed E-state index contributed by atoms with van der Waals surface area (Å²) >= 11 is 4.32. The first kappa shape index (κ1) is 21.1. The van der Waals surface area contributed by atoms with E-state index >= 15 is 0 Å². The normalized spacial score (nSPS) is 15.2. The molecule has 1 aliphatic rings. The number of amides is 2. The molecule has 3 rings (SSSR count). The Bertz CT molecular complexity index is 991. The molecule has 9 heteroatoms. The third-order valence-electron chi connectivity index (χ3n) is 4.12. The standard InChI is InChI=1S/C20H17BrN2O5S/c1-2-9-22-19(24)18(29-20(22)25)11-14-10-15(21)5-8-17(14)28-12-13-3-6-16(7-4-13)23(26)27/h3-8,10-11H,2,9,12H2,1H3/b18-11-. The second kappa shape index (κ2) is 9.23. The van der Waals surface area contributed by atoms with Gasteiger partial charge in [-0.2, -0.15) is 0 Å². The lowest BCUT2D eigenvalue weighted by Crippen LogP contribution is -2.28. The molecule has 29 heavy (non-hydrogen) atoms. The van der Waals surface area contributed by atoms with Crippen LogP contribution in [0.3, 0.4) is 0 Å². The summed E-state index contributed by atoms with van der Waals surface area (Å²) in [7, 11) is 0. The van der Waals surface area contributed by atoms with Gasteiger partial charge in [0.15, 0.2) is 0 Å². The first-order valence-corrected chi connectivity index (χ1v) is 10.4. The zero-order valence-electron chi connectivity index (χ0n) is 15.5. The third-order valence-corrected chi connectivity index (χ3v) is 5.52. The summed E-state index contributed by atoms with van der Waals surface area (Å²) in [4.78, 5) is 36.4. The lowest BCUT2D eigenvalue weighted by Gasteiger charge is -2.11. The molecular formula is C20H17BrN2O5S. The number of hydrogen-bond acceptors (Lipinski definition) is 6. The quantitative estimate of drug-likeness (QED) is 0.302. The molecule has 2 aromatic rings. The topological polar surface area (TPSA) is 89.8 Å². The number of benzene rings is 2. The lowest BCUT2D eigenvalue weighted by atomic mass is 10.1. The molecule has 150 valence electrons. The van der Waals surface area contributed by atoms with E-state index in [1.54, 1.807) is 30.3 Å². The van der Waals surface area contributed by atoms with Crippen LogP contribution >= 0.6 is 27.7 Å². The van der Waals surface area contributed by atoms with Crippen LogP contribution in [0.2, 0.25) is 0 Å². The number of carbonyl (C=O) groups excluding carboxylic acids is 2. The van der Waals surface area contributed by atoms with Gasteiger partial charge in [0.1, 0.15) is 12.4 Å². The molecule has 0 unspecified atom stereocenters. The Balaban J connectivity index is 1.80. The molecule has 0 radical (unpaired) electrons. The molecule has 7 nitrogen and oxygen atoms in total. The second-order valence-corrected chi connectivity index (χ2v) is 8.14. The van der Waals surface area contributed by atoms with E-state index in [2.05, 4.69) is 15.9 Å². The minimum atomic E-state index is -0.455. The number of nitro benzene ring substituents is 1. The minimum Gasteiger partial charge on any atom is -0.488 e. The van der Waals surface area contributed by atoms with Crippen LogP contribution in [-0.4, -0.2) is 27.5 Å². The van der Waals surface area contributed by atoms with Crippen LogP contribution in [0.15, 0.2) is 51.8 Å². The molecule has 0 aliphatic carbocycles. The second-order valence-electron chi connectivity index (χ2n) is 6.23. The van der Waals surface area contributed by atoms with Gasteiger partial charge >= 0.3 is 0 Å². The van der Waals surface area contributed by atoms with Gasteiger partial charge in [-0.1, -0.05) is 22.9 Å². The Kier molecular flexibility index (Phi) is 6.71. The Morgan fingerprint density at radius 3 is 2.59 bits per heavy atom. The van der Waals surface area contributed by atoms with E-state index in [1.807, 2.05) is 13.0 Å². The highest BCUT2D eigenvalue weighted by molar-refractivity contribution is 9.10. The average molecular weight is 477 g/mol. The van der Waals surface area contributed by atoms with E-state index in [0.717, 1.165) is 21.8 Å². The van der Waals surface area contributed by atoms with Crippen LogP contribution in [-0.2, 0) is 11.4 Å². The molecule has 0 bridgehead atoms. The molecule has 1 fully saturated rings. The molecule has 1 saturated heterocycles. The van der Waals surface area contributed by atoms with Gasteiger partial charge < -0.3 is 4.74 Å². The molecular weight excluding hydrogens is 460 g/mol. The van der Waals surface area contributed by atoms with Gasteiger partial charge in [-0.15, -0.1) is 0 Å². The van der Waals surface area contributed by atoms with E-state index in [9.17, 15) is 19.7 Å². The van der Waals surface area contributed by atoms with E-state index in [4.69, 9.17) is 4.74 Å². The molecule has 0 spiro atoms. The fraction of sp³-hybridized carbons (Fsp3) is 0.200. The van der Waals surface area contributed by atoms with Gasteiger partial charge in [0.05, 0.1) is 9.83 Å². The summed E-state index contributed by atoms with van der Waals surface area (Å²) in [6.45, 7) is 2.51. The Morgan fingerprint density at radius 1 is 1.21 bits per heavy atom. The van der Waals surface area contributed by atoms with Crippen LogP contribution in [0.4, 0.5) is 10.5 Å². The largest absolute Gasteiger partial charge is 0.488 e. The minimum absolute atomic E-state index is 0.0147. The first-order chi connectivity index (χ1) is 13.9. The fourth-order valence-electron chi connectivity index (χ4n) is 2.70. The Labute approximate surface area is 180 Å². The summed E-state index contributed by atoms with van der Waals surface area (Å²) in [5, 5.41) is 10.5. The van der Waals surface area contributed by atoms with Crippen LogP contribution in [0, 0.1) is 10.1 Å². The van der Waals surface area contributed by atoms with E-state index < -0.39 is 4.92 Å². The van der Waals surface area contributed by atoms with Gasteiger partial charge in [0.2, 0.25) is 0 Å². The molecule has 0 atom stereocenters. The monoisotopic (exact) mass is 476 g/mol. The maximum absolute atomic E-state index is 12.5. The van der Waals surface area contributed by atoms with Crippen molar-refractivity contribution in [2.45, 2.75) is 20.0 Å². The third kappa shape index (κ3) is 5.04. The number of ether oxygens (including phenoxy) is 1. The number of nitro groups is 1. The molecule has 0 aromatic heterocycles. The van der Waals surface area contributed by atoms with Crippen molar-refractivity contribution in [1.29, 1.82) is 0 Å². The molecule has 1 heterocycles. The number of imide groups is 1. The van der Waals surface area contributed by atoms with Gasteiger partial charge in [-0.25, -0.2) is 0 Å². The smallest absolute Gasteiger partial charge is 0.293 e. The molecule has 2 aromatic carbocycles. The van der Waals surface area contributed by atoms with Crippen molar-refractivity contribution in [3.63, 3.8) is 0 Å². The predicted molar refractivity (Wildman–Crippen MR) is 115 cm³/mol. The highest BCUT2D eigenvalue weighted by Gasteiger charge is 2.34. The Hall–Kier alpha value is -2.65. The van der Waals surface area contributed by atoms with E-state index in [0.29, 0.717) is 29.2 Å². The van der Waals surface area contributed by atoms with Crippen LogP contribution < -0.4 is 4.74 Å². The fourth-order valence-corrected chi connectivity index (χ4v) is 3.93. The SMILES string of the molecule is CCCN1C(=O)S/C(=C\c2cc(Br)ccc2OCc2ccc([N+](=O)[O-])cc2)C1=O. The maximum atomic E-state index is 12.5. The average Bonchev–Trinajstić information content (AvgIpc) is 2.95. The Morgan fingerprint density at radius 2 is 1.93 bits per heavy atom. The summed E-state index contributed by atoms with van der Waals surface area (Å²) in [5.41, 5.74) is 1.44. The number of halogens is 1. The van der Waals surface area contributed by atoms with Gasteiger partial charge in [0, 0.05) is 28.7 Å². The number of carbonyl (C=O) groups is 2. The maximum Gasteiger partial charge on any atom is 0.293 e. The molecule has 1 aliphatic heterocycles. The zero-order chi connectivity index (χ0) is 21.0. The van der Waals surface area contributed by atoms with Crippen molar-refractivity contribution < 1.29 is 19.2 Å². The highest BCUT2D eigenvalue weighted by atomic mass is 79.9. The van der Waals surface area contributed by atoms with Gasteiger partial charge in [0.25, 0.3) is 16.8 Å². The van der Waals surface area contributed by atoms with Crippen molar-refractivity contribution in [2.24, 2.45) is 0 Å². The summed E-state index contributed by atoms with van der Waals surface area (Å²) in [5.74, 6) is 0.233. The molecule has 2 amide bonds. The number of hydrogen-bond donors (Lipinski definition) is 0. The van der Waals surface area contributed by atoms with E-state index in [-0.39, 0.29) is 23.4 Å². The van der Waals surface area contributed by atoms with Crippen LogP contribution in [0.5, 0.6) is 5.75 Å². The molecule has 0 saturated carbocycles. The van der Waals surface area contributed by atoms with Crippen LogP contribution in [0.25, 0.3) is 6.08 Å². The number of non-ortho nitro benzene ring substituents is 1. The zero-order valence-corrected chi connectivity index (χ0v) is 17.9. The number of nitrogens with zero attached hydrogens (tertiary/aromatic N) is 2. The van der Waals surface area contributed by atoms with Crippen molar-refractivity contribution in [2.75, 3.05) is 6.54 Å². The first-order valence-electron chi connectivity index (χ1n) is 8.80. The molecule has 0 N–H and O–H groups in total. The van der Waals surface area contributed by atoms with Crippen molar-refractivity contribution in [3.05, 3.63) is 73.1 Å². The van der Waals surface area contributed by atoms with Crippen molar-refractivity contribution >= 4 is 50.6 Å². The summed E-state index contributed by atoms with van der Waals surface area (Å²) < 4.78 is 6.68. The number of rotatable bonds is 7.